The summed E-state index contributed by atoms with van der Waals surface area (Å²) in [6.07, 6.45) is 0. The highest BCUT2D eigenvalue weighted by Gasteiger charge is 2.03. The highest BCUT2D eigenvalue weighted by atomic mass is 16.5. The van der Waals surface area contributed by atoms with Crippen molar-refractivity contribution < 1.29 is 9.47 Å². The van der Waals surface area contributed by atoms with E-state index in [2.05, 4.69) is 19.1 Å². The van der Waals surface area contributed by atoms with Crippen LogP contribution in [0.2, 0.25) is 0 Å². The molecule has 0 atom stereocenters. The van der Waals surface area contributed by atoms with Crippen molar-refractivity contribution in [2.24, 2.45) is 0 Å². The Morgan fingerprint density at radius 2 is 1.94 bits per heavy atom. The average molecular weight is 243 g/mol. The SMILES string of the molecule is COc1ccc(N)c(OCc2cccc(C)c2)c1. The molecule has 0 aliphatic rings. The van der Waals surface area contributed by atoms with E-state index in [9.17, 15) is 0 Å². The van der Waals surface area contributed by atoms with Gasteiger partial charge < -0.3 is 15.2 Å². The third-order valence-corrected chi connectivity index (χ3v) is 2.70. The monoisotopic (exact) mass is 243 g/mol. The van der Waals surface area contributed by atoms with E-state index in [0.29, 0.717) is 18.0 Å². The van der Waals surface area contributed by atoms with E-state index in [1.54, 1.807) is 19.2 Å². The van der Waals surface area contributed by atoms with Crippen LogP contribution in [0.25, 0.3) is 0 Å². The minimum absolute atomic E-state index is 0.499. The summed E-state index contributed by atoms with van der Waals surface area (Å²) < 4.78 is 10.9. The summed E-state index contributed by atoms with van der Waals surface area (Å²) in [6.45, 7) is 2.56. The van der Waals surface area contributed by atoms with Crippen LogP contribution in [0.1, 0.15) is 11.1 Å². The predicted molar refractivity (Wildman–Crippen MR) is 72.9 cm³/mol. The smallest absolute Gasteiger partial charge is 0.146 e. The Hall–Kier alpha value is -2.16. The van der Waals surface area contributed by atoms with Crippen LogP contribution in [-0.4, -0.2) is 7.11 Å². The molecule has 0 aromatic heterocycles. The summed E-state index contributed by atoms with van der Waals surface area (Å²) in [5.74, 6) is 1.39. The number of hydrogen-bond acceptors (Lipinski definition) is 3. The highest BCUT2D eigenvalue weighted by molar-refractivity contribution is 5.55. The molecular formula is C15H17NO2. The molecule has 3 nitrogen and oxygen atoms in total. The lowest BCUT2D eigenvalue weighted by atomic mass is 10.1. The van der Waals surface area contributed by atoms with Crippen LogP contribution in [0.3, 0.4) is 0 Å². The van der Waals surface area contributed by atoms with Gasteiger partial charge in [-0.1, -0.05) is 29.8 Å². The molecule has 0 radical (unpaired) electrons. The number of nitrogen functional groups attached to an aromatic ring is 1. The fourth-order valence-electron chi connectivity index (χ4n) is 1.73. The first-order valence-corrected chi connectivity index (χ1v) is 5.81. The number of aryl methyl sites for hydroxylation is 1. The van der Waals surface area contributed by atoms with Crippen LogP contribution in [0.4, 0.5) is 5.69 Å². The third-order valence-electron chi connectivity index (χ3n) is 2.70. The number of rotatable bonds is 4. The first-order valence-electron chi connectivity index (χ1n) is 5.81. The molecular weight excluding hydrogens is 226 g/mol. The highest BCUT2D eigenvalue weighted by Crippen LogP contribution is 2.27. The largest absolute Gasteiger partial charge is 0.497 e. The average Bonchev–Trinajstić information content (AvgIpc) is 2.38. The van der Waals surface area contributed by atoms with E-state index in [4.69, 9.17) is 15.2 Å². The molecule has 0 unspecified atom stereocenters. The number of hydrogen-bond donors (Lipinski definition) is 1. The Kier molecular flexibility index (Phi) is 3.72. The van der Waals surface area contributed by atoms with Crippen molar-refractivity contribution in [2.45, 2.75) is 13.5 Å². The van der Waals surface area contributed by atoms with Gasteiger partial charge in [-0.3, -0.25) is 0 Å². The standard InChI is InChI=1S/C15H17NO2/c1-11-4-3-5-12(8-11)10-18-15-9-13(17-2)6-7-14(15)16/h3-9H,10,16H2,1-2H3. The molecule has 2 aromatic carbocycles. The van der Waals surface area contributed by atoms with Gasteiger partial charge in [-0.15, -0.1) is 0 Å². The zero-order valence-corrected chi connectivity index (χ0v) is 10.6. The molecule has 0 fully saturated rings. The van der Waals surface area contributed by atoms with E-state index in [1.807, 2.05) is 18.2 Å². The van der Waals surface area contributed by atoms with Gasteiger partial charge in [0.25, 0.3) is 0 Å². The van der Waals surface area contributed by atoms with Crippen molar-refractivity contribution in [2.75, 3.05) is 12.8 Å². The normalized spacial score (nSPS) is 10.1. The van der Waals surface area contributed by atoms with Crippen molar-refractivity contribution in [3.63, 3.8) is 0 Å². The lowest BCUT2D eigenvalue weighted by Gasteiger charge is -2.10. The van der Waals surface area contributed by atoms with Crippen molar-refractivity contribution in [3.8, 4) is 11.5 Å². The second kappa shape index (κ2) is 5.45. The van der Waals surface area contributed by atoms with Crippen molar-refractivity contribution in [3.05, 3.63) is 53.6 Å². The van der Waals surface area contributed by atoms with E-state index < -0.39 is 0 Å². The number of anilines is 1. The number of methoxy groups -OCH3 is 1. The molecule has 0 heterocycles. The molecule has 0 amide bonds. The van der Waals surface area contributed by atoms with Gasteiger partial charge in [-0.2, -0.15) is 0 Å². The second-order valence-corrected chi connectivity index (χ2v) is 4.18. The fourth-order valence-corrected chi connectivity index (χ4v) is 1.73. The molecule has 94 valence electrons. The van der Waals surface area contributed by atoms with E-state index in [-0.39, 0.29) is 0 Å². The van der Waals surface area contributed by atoms with E-state index in [0.717, 1.165) is 11.3 Å². The fraction of sp³-hybridized carbons (Fsp3) is 0.200. The number of ether oxygens (including phenoxy) is 2. The van der Waals surface area contributed by atoms with Gasteiger partial charge in [-0.05, 0) is 24.6 Å². The molecule has 0 spiro atoms. The predicted octanol–water partition coefficient (Wildman–Crippen LogP) is 3.16. The molecule has 2 rings (SSSR count). The Labute approximate surface area is 107 Å². The first kappa shape index (κ1) is 12.3. The van der Waals surface area contributed by atoms with Crippen LogP contribution in [-0.2, 0) is 6.61 Å². The van der Waals surface area contributed by atoms with Gasteiger partial charge in [0.1, 0.15) is 18.1 Å². The molecule has 18 heavy (non-hydrogen) atoms. The van der Waals surface area contributed by atoms with E-state index >= 15 is 0 Å². The van der Waals surface area contributed by atoms with Crippen molar-refractivity contribution in [1.82, 2.24) is 0 Å². The maximum atomic E-state index is 5.86. The minimum Gasteiger partial charge on any atom is -0.497 e. The molecule has 0 aliphatic heterocycles. The lowest BCUT2D eigenvalue weighted by molar-refractivity contribution is 0.305. The van der Waals surface area contributed by atoms with Gasteiger partial charge in [0.05, 0.1) is 12.8 Å². The van der Waals surface area contributed by atoms with Crippen molar-refractivity contribution >= 4 is 5.69 Å². The van der Waals surface area contributed by atoms with Gasteiger partial charge in [0.2, 0.25) is 0 Å². The Morgan fingerprint density at radius 3 is 2.67 bits per heavy atom. The zero-order valence-electron chi connectivity index (χ0n) is 10.6. The molecule has 3 heteroatoms. The summed E-state index contributed by atoms with van der Waals surface area (Å²) >= 11 is 0. The third kappa shape index (κ3) is 2.94. The van der Waals surface area contributed by atoms with Gasteiger partial charge in [0.15, 0.2) is 0 Å². The lowest BCUT2D eigenvalue weighted by Crippen LogP contribution is -1.99. The number of nitrogens with two attached hydrogens (primary N) is 1. The summed E-state index contributed by atoms with van der Waals surface area (Å²) in [5, 5.41) is 0. The molecule has 0 saturated heterocycles. The summed E-state index contributed by atoms with van der Waals surface area (Å²) in [7, 11) is 1.62. The Morgan fingerprint density at radius 1 is 1.11 bits per heavy atom. The molecule has 2 aromatic rings. The van der Waals surface area contributed by atoms with Crippen LogP contribution >= 0.6 is 0 Å². The summed E-state index contributed by atoms with van der Waals surface area (Å²) in [6, 6.07) is 13.6. The molecule has 0 aliphatic carbocycles. The number of benzene rings is 2. The molecule has 2 N–H and O–H groups in total. The quantitative estimate of drug-likeness (QED) is 0.839. The second-order valence-electron chi connectivity index (χ2n) is 4.18. The van der Waals surface area contributed by atoms with Crippen LogP contribution < -0.4 is 15.2 Å². The topological polar surface area (TPSA) is 44.5 Å². The zero-order chi connectivity index (χ0) is 13.0. The summed E-state index contributed by atoms with van der Waals surface area (Å²) in [5.41, 5.74) is 8.81. The van der Waals surface area contributed by atoms with Gasteiger partial charge in [-0.25, -0.2) is 0 Å². The van der Waals surface area contributed by atoms with Crippen LogP contribution in [0.15, 0.2) is 42.5 Å². The van der Waals surface area contributed by atoms with Crippen LogP contribution in [0, 0.1) is 6.92 Å². The summed E-state index contributed by atoms with van der Waals surface area (Å²) in [4.78, 5) is 0. The molecule has 0 bridgehead atoms. The maximum absolute atomic E-state index is 5.86. The Bertz CT molecular complexity index is 538. The molecule has 0 saturated carbocycles. The van der Waals surface area contributed by atoms with Gasteiger partial charge >= 0.3 is 0 Å². The first-order chi connectivity index (χ1) is 8.69. The van der Waals surface area contributed by atoms with Crippen molar-refractivity contribution in [1.29, 1.82) is 0 Å². The maximum Gasteiger partial charge on any atom is 0.146 e. The van der Waals surface area contributed by atoms with Crippen LogP contribution in [0.5, 0.6) is 11.5 Å². The minimum atomic E-state index is 0.499. The Balaban J connectivity index is 2.10. The van der Waals surface area contributed by atoms with Gasteiger partial charge in [0, 0.05) is 6.07 Å². The van der Waals surface area contributed by atoms with E-state index in [1.165, 1.54) is 5.56 Å².